The Balaban J connectivity index is 1.54. The molecule has 2 saturated carbocycles. The normalized spacial score (nSPS) is 50.5. The van der Waals surface area contributed by atoms with Crippen LogP contribution in [-0.2, 0) is 23.8 Å². The molecule has 3 heterocycles. The SMILES string of the molecule is CCO[C@@H]1CC2C(C)(C)C(=O)C=C[C@]2(C)C2CC[C@@]3(C)[C@H](c4ccoc4)OC(=O)[C@H]4O[C@]43[C@@]21C. The van der Waals surface area contributed by atoms with Crippen LogP contribution >= 0.6 is 0 Å². The molecule has 2 unspecified atom stereocenters. The Labute approximate surface area is 201 Å². The summed E-state index contributed by atoms with van der Waals surface area (Å²) in [6.45, 7) is 13.6. The van der Waals surface area contributed by atoms with Crippen LogP contribution < -0.4 is 0 Å². The molecule has 2 saturated heterocycles. The average molecular weight is 469 g/mol. The number of allylic oxidation sites excluding steroid dienone is 2. The van der Waals surface area contributed by atoms with Crippen LogP contribution in [0.5, 0.6) is 0 Å². The molecule has 1 spiro atoms. The van der Waals surface area contributed by atoms with Crippen molar-refractivity contribution in [1.82, 2.24) is 0 Å². The van der Waals surface area contributed by atoms with Gasteiger partial charge in [0, 0.05) is 28.4 Å². The van der Waals surface area contributed by atoms with Gasteiger partial charge in [0.05, 0.1) is 18.6 Å². The van der Waals surface area contributed by atoms with E-state index in [1.807, 2.05) is 13.0 Å². The number of ether oxygens (including phenoxy) is 3. The van der Waals surface area contributed by atoms with Crippen molar-refractivity contribution in [3.63, 3.8) is 0 Å². The van der Waals surface area contributed by atoms with Crippen LogP contribution in [0.4, 0.5) is 0 Å². The van der Waals surface area contributed by atoms with E-state index in [1.54, 1.807) is 18.6 Å². The van der Waals surface area contributed by atoms with E-state index in [4.69, 9.17) is 18.6 Å². The van der Waals surface area contributed by atoms with Crippen LogP contribution in [0.2, 0.25) is 0 Å². The van der Waals surface area contributed by atoms with Crippen molar-refractivity contribution in [2.24, 2.45) is 33.5 Å². The van der Waals surface area contributed by atoms with Gasteiger partial charge >= 0.3 is 5.97 Å². The second-order valence-electron chi connectivity index (χ2n) is 12.4. The molecular weight excluding hydrogens is 432 g/mol. The average Bonchev–Trinajstić information content (AvgIpc) is 3.35. The summed E-state index contributed by atoms with van der Waals surface area (Å²) < 4.78 is 24.5. The third-order valence-electron chi connectivity index (χ3n) is 10.9. The van der Waals surface area contributed by atoms with Crippen LogP contribution in [-0.4, -0.2) is 36.2 Å². The van der Waals surface area contributed by atoms with Crippen LogP contribution in [0.3, 0.4) is 0 Å². The summed E-state index contributed by atoms with van der Waals surface area (Å²) in [5.41, 5.74) is -1.31. The minimum Gasteiger partial charge on any atom is -0.472 e. The van der Waals surface area contributed by atoms with Crippen molar-refractivity contribution >= 4 is 11.8 Å². The van der Waals surface area contributed by atoms with Gasteiger partial charge in [0.2, 0.25) is 0 Å². The number of carbonyl (C=O) groups is 2. The Morgan fingerprint density at radius 2 is 1.85 bits per heavy atom. The van der Waals surface area contributed by atoms with Gasteiger partial charge in [-0.2, -0.15) is 0 Å². The summed E-state index contributed by atoms with van der Waals surface area (Å²) in [7, 11) is 0. The number of cyclic esters (lactones) is 1. The van der Waals surface area contributed by atoms with Crippen molar-refractivity contribution in [2.75, 3.05) is 6.61 Å². The first-order valence-electron chi connectivity index (χ1n) is 12.7. The summed E-state index contributed by atoms with van der Waals surface area (Å²) in [6.07, 6.45) is 8.72. The van der Waals surface area contributed by atoms with Gasteiger partial charge in [0.15, 0.2) is 11.9 Å². The third kappa shape index (κ3) is 2.30. The molecule has 0 amide bonds. The zero-order valence-corrected chi connectivity index (χ0v) is 21.1. The maximum atomic E-state index is 13.2. The van der Waals surface area contributed by atoms with Crippen LogP contribution in [0.1, 0.15) is 72.5 Å². The van der Waals surface area contributed by atoms with E-state index in [-0.39, 0.29) is 35.1 Å². The third-order valence-corrected chi connectivity index (χ3v) is 10.9. The van der Waals surface area contributed by atoms with E-state index in [1.165, 1.54) is 0 Å². The molecule has 0 bridgehead atoms. The van der Waals surface area contributed by atoms with Gasteiger partial charge in [0.25, 0.3) is 0 Å². The van der Waals surface area contributed by atoms with Gasteiger partial charge in [-0.05, 0) is 55.6 Å². The molecule has 6 nitrogen and oxygen atoms in total. The van der Waals surface area contributed by atoms with Crippen molar-refractivity contribution < 1.29 is 28.2 Å². The number of rotatable bonds is 3. The van der Waals surface area contributed by atoms with Gasteiger partial charge < -0.3 is 18.6 Å². The standard InChI is InChI=1S/C28H36O6/c1-7-32-20-14-18-24(2,3)19(29)9-11-25(18,4)17-8-12-26(5)21(16-10-13-31-15-16)33-23(30)22-28(26,34-22)27(17,20)6/h9-11,13,15,17-18,20-22H,7-8,12,14H2,1-6H3/t17?,18?,20-,21+,22-,25-,26+,27+,28-/m1/s1. The van der Waals surface area contributed by atoms with Gasteiger partial charge in [0.1, 0.15) is 11.7 Å². The van der Waals surface area contributed by atoms with E-state index in [0.29, 0.717) is 6.61 Å². The molecule has 0 radical (unpaired) electrons. The quantitative estimate of drug-likeness (QED) is 0.457. The molecule has 9 atom stereocenters. The van der Waals surface area contributed by atoms with Gasteiger partial charge in [-0.1, -0.05) is 40.7 Å². The highest BCUT2D eigenvalue weighted by atomic mass is 16.7. The predicted molar refractivity (Wildman–Crippen MR) is 124 cm³/mol. The summed E-state index contributed by atoms with van der Waals surface area (Å²) in [5.74, 6) is 0.260. The monoisotopic (exact) mass is 468 g/mol. The molecule has 0 aromatic carbocycles. The van der Waals surface area contributed by atoms with Gasteiger partial charge in [-0.3, -0.25) is 4.79 Å². The highest BCUT2D eigenvalue weighted by molar-refractivity contribution is 5.95. The zero-order chi connectivity index (χ0) is 24.3. The lowest BCUT2D eigenvalue weighted by atomic mass is 9.35. The van der Waals surface area contributed by atoms with E-state index in [9.17, 15) is 9.59 Å². The Kier molecular flexibility index (Phi) is 4.40. The summed E-state index contributed by atoms with van der Waals surface area (Å²) >= 11 is 0. The summed E-state index contributed by atoms with van der Waals surface area (Å²) in [4.78, 5) is 26.2. The minimum atomic E-state index is -0.687. The summed E-state index contributed by atoms with van der Waals surface area (Å²) in [6, 6.07) is 1.89. The Hall–Kier alpha value is -1.92. The molecule has 1 aromatic heterocycles. The number of fused-ring (bicyclic) bond motifs is 3. The van der Waals surface area contributed by atoms with Gasteiger partial charge in [-0.15, -0.1) is 0 Å². The lowest BCUT2D eigenvalue weighted by molar-refractivity contribution is -0.254. The topological polar surface area (TPSA) is 78.3 Å². The summed E-state index contributed by atoms with van der Waals surface area (Å²) in [5, 5.41) is 0. The maximum absolute atomic E-state index is 13.2. The highest BCUT2D eigenvalue weighted by Gasteiger charge is 2.88. The second kappa shape index (κ2) is 6.64. The fourth-order valence-corrected chi connectivity index (χ4v) is 9.27. The first-order valence-corrected chi connectivity index (χ1v) is 12.7. The Morgan fingerprint density at radius 3 is 2.53 bits per heavy atom. The fraction of sp³-hybridized carbons (Fsp3) is 0.714. The number of epoxide rings is 1. The number of hydrogen-bond acceptors (Lipinski definition) is 6. The first-order chi connectivity index (χ1) is 16.0. The fourth-order valence-electron chi connectivity index (χ4n) is 9.27. The van der Waals surface area contributed by atoms with Crippen LogP contribution in [0, 0.1) is 33.5 Å². The second-order valence-corrected chi connectivity index (χ2v) is 12.4. The lowest BCUT2D eigenvalue weighted by Crippen LogP contribution is -2.72. The largest absolute Gasteiger partial charge is 0.472 e. The number of furan rings is 1. The molecule has 6 heteroatoms. The molecule has 5 aliphatic rings. The van der Waals surface area contributed by atoms with E-state index >= 15 is 0 Å². The maximum Gasteiger partial charge on any atom is 0.339 e. The number of esters is 1. The molecule has 3 aliphatic carbocycles. The highest BCUT2D eigenvalue weighted by Crippen LogP contribution is 2.79. The van der Waals surface area contributed by atoms with Crippen molar-refractivity contribution in [3.05, 3.63) is 36.3 Å². The molecule has 34 heavy (non-hydrogen) atoms. The first kappa shape index (κ1) is 22.5. The molecule has 6 rings (SSSR count). The molecule has 0 N–H and O–H groups in total. The van der Waals surface area contributed by atoms with Crippen molar-refractivity contribution in [2.45, 2.75) is 84.7 Å². The van der Waals surface area contributed by atoms with Crippen molar-refractivity contribution in [1.29, 1.82) is 0 Å². The van der Waals surface area contributed by atoms with Crippen LogP contribution in [0.15, 0.2) is 35.2 Å². The number of carbonyl (C=O) groups excluding carboxylic acids is 2. The molecule has 184 valence electrons. The Bertz CT molecular complexity index is 1070. The molecule has 4 fully saturated rings. The molecule has 1 aromatic rings. The molecule has 2 aliphatic heterocycles. The van der Waals surface area contributed by atoms with Crippen molar-refractivity contribution in [3.8, 4) is 0 Å². The van der Waals surface area contributed by atoms with Gasteiger partial charge in [-0.25, -0.2) is 4.79 Å². The predicted octanol–water partition coefficient (Wildman–Crippen LogP) is 5.03. The van der Waals surface area contributed by atoms with E-state index in [2.05, 4.69) is 40.7 Å². The van der Waals surface area contributed by atoms with Crippen LogP contribution in [0.25, 0.3) is 0 Å². The van der Waals surface area contributed by atoms with E-state index < -0.39 is 34.1 Å². The number of hydrogen-bond donors (Lipinski definition) is 0. The minimum absolute atomic E-state index is 0.125. The molecular formula is C28H36O6. The zero-order valence-electron chi connectivity index (χ0n) is 21.1. The smallest absolute Gasteiger partial charge is 0.339 e. The number of ketones is 1. The Morgan fingerprint density at radius 1 is 1.09 bits per heavy atom. The van der Waals surface area contributed by atoms with E-state index in [0.717, 1.165) is 24.8 Å². The lowest BCUT2D eigenvalue weighted by Gasteiger charge is -2.69.